The zero-order valence-corrected chi connectivity index (χ0v) is 10.7. The minimum Gasteiger partial charge on any atom is -0.317 e. The molecule has 0 aromatic heterocycles. The van der Waals surface area contributed by atoms with Gasteiger partial charge in [-0.05, 0) is 52.7 Å². The van der Waals surface area contributed by atoms with Gasteiger partial charge in [0.15, 0.2) is 0 Å². The first-order valence-electron chi connectivity index (χ1n) is 6.40. The smallest absolute Gasteiger partial charge is 0.317 e. The number of nitrogens with zero attached hydrogens (tertiary/aromatic N) is 1. The van der Waals surface area contributed by atoms with Crippen molar-refractivity contribution in [3.8, 4) is 0 Å². The summed E-state index contributed by atoms with van der Waals surface area (Å²) in [6.07, 6.45) is -1.55. The van der Waals surface area contributed by atoms with Crippen molar-refractivity contribution in [3.63, 3.8) is 0 Å². The minimum atomic E-state index is -4.00. The van der Waals surface area contributed by atoms with Crippen LogP contribution in [0.2, 0.25) is 0 Å². The van der Waals surface area contributed by atoms with Crippen molar-refractivity contribution in [1.29, 1.82) is 0 Å². The molecule has 0 bridgehead atoms. The van der Waals surface area contributed by atoms with E-state index in [0.717, 1.165) is 25.9 Å². The molecule has 0 aliphatic carbocycles. The Balaban J connectivity index is 2.15. The van der Waals surface area contributed by atoms with E-state index < -0.39 is 12.6 Å². The Labute approximate surface area is 102 Å². The average Bonchev–Trinajstić information content (AvgIpc) is 2.24. The Hall–Kier alpha value is -0.290. The van der Waals surface area contributed by atoms with Crippen LogP contribution in [-0.4, -0.2) is 43.3 Å². The highest BCUT2D eigenvalue weighted by Gasteiger charge is 2.27. The number of piperidine rings is 1. The maximum Gasteiger partial charge on any atom is 0.389 e. The highest BCUT2D eigenvalue weighted by Crippen LogP contribution is 2.23. The van der Waals surface area contributed by atoms with Crippen molar-refractivity contribution in [2.75, 3.05) is 20.1 Å². The summed E-state index contributed by atoms with van der Waals surface area (Å²) in [4.78, 5) is 2.31. The maximum atomic E-state index is 12.0. The molecule has 1 saturated heterocycles. The number of halogens is 3. The van der Waals surface area contributed by atoms with Gasteiger partial charge in [-0.3, -0.25) is 0 Å². The van der Waals surface area contributed by atoms with Gasteiger partial charge in [-0.15, -0.1) is 0 Å². The Morgan fingerprint density at radius 2 is 2.00 bits per heavy atom. The molecule has 102 valence electrons. The molecule has 1 aliphatic heterocycles. The van der Waals surface area contributed by atoms with Crippen molar-refractivity contribution in [1.82, 2.24) is 10.2 Å². The number of unbranched alkanes of at least 4 members (excludes halogenated alkanes) is 1. The van der Waals surface area contributed by atoms with E-state index in [-0.39, 0.29) is 6.42 Å². The van der Waals surface area contributed by atoms with Gasteiger partial charge in [0.2, 0.25) is 0 Å². The lowest BCUT2D eigenvalue weighted by Gasteiger charge is -2.37. The molecule has 1 aliphatic rings. The number of rotatable bonds is 5. The summed E-state index contributed by atoms with van der Waals surface area (Å²) in [5.41, 5.74) is 0. The summed E-state index contributed by atoms with van der Waals surface area (Å²) in [5.74, 6) is 0. The lowest BCUT2D eigenvalue weighted by atomic mass is 9.98. The third kappa shape index (κ3) is 5.73. The van der Waals surface area contributed by atoms with Crippen LogP contribution in [0.5, 0.6) is 0 Å². The summed E-state index contributed by atoms with van der Waals surface area (Å²) in [7, 11) is 1.97. The molecule has 1 heterocycles. The molecule has 2 unspecified atom stereocenters. The second-order valence-corrected chi connectivity index (χ2v) is 4.97. The van der Waals surface area contributed by atoms with Gasteiger partial charge in [0.1, 0.15) is 0 Å². The number of hydrogen-bond donors (Lipinski definition) is 1. The fourth-order valence-electron chi connectivity index (χ4n) is 2.46. The van der Waals surface area contributed by atoms with Crippen molar-refractivity contribution in [2.24, 2.45) is 0 Å². The average molecular weight is 252 g/mol. The maximum absolute atomic E-state index is 12.0. The van der Waals surface area contributed by atoms with E-state index in [9.17, 15) is 13.2 Å². The molecular formula is C12H23F3N2. The Morgan fingerprint density at radius 1 is 1.29 bits per heavy atom. The van der Waals surface area contributed by atoms with Gasteiger partial charge in [-0.2, -0.15) is 13.2 Å². The van der Waals surface area contributed by atoms with Gasteiger partial charge in [0.05, 0.1) is 0 Å². The topological polar surface area (TPSA) is 15.3 Å². The molecule has 0 aromatic carbocycles. The van der Waals surface area contributed by atoms with Crippen molar-refractivity contribution < 1.29 is 13.2 Å². The van der Waals surface area contributed by atoms with E-state index in [2.05, 4.69) is 17.1 Å². The van der Waals surface area contributed by atoms with Gasteiger partial charge >= 0.3 is 6.18 Å². The molecule has 1 N–H and O–H groups in total. The van der Waals surface area contributed by atoms with Crippen molar-refractivity contribution >= 4 is 0 Å². The van der Waals surface area contributed by atoms with Crippen LogP contribution in [-0.2, 0) is 0 Å². The summed E-state index contributed by atoms with van der Waals surface area (Å²) in [6.45, 7) is 3.96. The SMILES string of the molecule is CNC1CCN(CCCCC(F)(F)F)C(C)C1. The number of alkyl halides is 3. The highest BCUT2D eigenvalue weighted by atomic mass is 19.4. The predicted octanol–water partition coefficient (Wildman–Crippen LogP) is 2.79. The van der Waals surface area contributed by atoms with Gasteiger partial charge in [-0.1, -0.05) is 0 Å². The normalized spacial score (nSPS) is 27.4. The largest absolute Gasteiger partial charge is 0.389 e. The number of nitrogens with one attached hydrogen (secondary N) is 1. The second kappa shape index (κ2) is 6.59. The fraction of sp³-hybridized carbons (Fsp3) is 1.00. The van der Waals surface area contributed by atoms with E-state index in [1.807, 2.05) is 7.05 Å². The van der Waals surface area contributed by atoms with Crippen LogP contribution in [0.1, 0.15) is 39.0 Å². The molecule has 1 rings (SSSR count). The first-order valence-corrected chi connectivity index (χ1v) is 6.40. The summed E-state index contributed by atoms with van der Waals surface area (Å²) >= 11 is 0. The van der Waals surface area contributed by atoms with Crippen LogP contribution in [0.3, 0.4) is 0 Å². The molecule has 0 saturated carbocycles. The van der Waals surface area contributed by atoms with Gasteiger partial charge in [0, 0.05) is 18.5 Å². The fourth-order valence-corrected chi connectivity index (χ4v) is 2.46. The molecule has 0 radical (unpaired) electrons. The van der Waals surface area contributed by atoms with Crippen LogP contribution in [0.15, 0.2) is 0 Å². The molecule has 5 heteroatoms. The van der Waals surface area contributed by atoms with Crippen LogP contribution in [0.25, 0.3) is 0 Å². The standard InChI is InChI=1S/C12H23F3N2/c1-10-9-11(16-2)5-8-17(10)7-4-3-6-12(13,14)15/h10-11,16H,3-9H2,1-2H3. The van der Waals surface area contributed by atoms with Crippen LogP contribution in [0, 0.1) is 0 Å². The molecule has 17 heavy (non-hydrogen) atoms. The number of likely N-dealkylation sites (tertiary alicyclic amines) is 1. The zero-order chi connectivity index (χ0) is 12.9. The van der Waals surface area contributed by atoms with E-state index in [1.54, 1.807) is 0 Å². The molecule has 0 spiro atoms. The van der Waals surface area contributed by atoms with E-state index in [1.165, 1.54) is 0 Å². The molecule has 2 atom stereocenters. The van der Waals surface area contributed by atoms with Gasteiger partial charge in [0.25, 0.3) is 0 Å². The highest BCUT2D eigenvalue weighted by molar-refractivity contribution is 4.81. The van der Waals surface area contributed by atoms with Crippen molar-refractivity contribution in [2.45, 2.75) is 57.3 Å². The Kier molecular flexibility index (Phi) is 5.73. The first kappa shape index (κ1) is 14.8. The Morgan fingerprint density at radius 3 is 2.53 bits per heavy atom. The first-order chi connectivity index (χ1) is 7.92. The third-order valence-electron chi connectivity index (χ3n) is 3.58. The summed E-state index contributed by atoms with van der Waals surface area (Å²) in [5, 5.41) is 3.27. The summed E-state index contributed by atoms with van der Waals surface area (Å²) in [6, 6.07) is 1.04. The van der Waals surface area contributed by atoms with Crippen LogP contribution >= 0.6 is 0 Å². The minimum absolute atomic E-state index is 0.252. The molecule has 1 fully saturated rings. The second-order valence-electron chi connectivity index (χ2n) is 4.97. The monoisotopic (exact) mass is 252 g/mol. The van der Waals surface area contributed by atoms with Gasteiger partial charge in [-0.25, -0.2) is 0 Å². The lowest BCUT2D eigenvalue weighted by molar-refractivity contribution is -0.135. The van der Waals surface area contributed by atoms with E-state index in [4.69, 9.17) is 0 Å². The quantitative estimate of drug-likeness (QED) is 0.757. The Bertz CT molecular complexity index is 218. The predicted molar refractivity (Wildman–Crippen MR) is 63.0 cm³/mol. The number of hydrogen-bond acceptors (Lipinski definition) is 2. The molecule has 2 nitrogen and oxygen atoms in total. The zero-order valence-electron chi connectivity index (χ0n) is 10.7. The third-order valence-corrected chi connectivity index (χ3v) is 3.58. The van der Waals surface area contributed by atoms with Gasteiger partial charge < -0.3 is 10.2 Å². The van der Waals surface area contributed by atoms with E-state index >= 15 is 0 Å². The molecule has 0 aromatic rings. The molecular weight excluding hydrogens is 229 g/mol. The van der Waals surface area contributed by atoms with Crippen LogP contribution in [0.4, 0.5) is 13.2 Å². The molecule has 0 amide bonds. The van der Waals surface area contributed by atoms with Crippen molar-refractivity contribution in [3.05, 3.63) is 0 Å². The van der Waals surface area contributed by atoms with E-state index in [0.29, 0.717) is 18.5 Å². The van der Waals surface area contributed by atoms with Crippen LogP contribution < -0.4 is 5.32 Å². The summed E-state index contributed by atoms with van der Waals surface area (Å²) < 4.78 is 35.9. The lowest BCUT2D eigenvalue weighted by Crippen LogP contribution is -2.46.